The molecule has 0 rings (SSSR count). The summed E-state index contributed by atoms with van der Waals surface area (Å²) < 4.78 is 0. The van der Waals surface area contributed by atoms with Crippen LogP contribution in [0.4, 0.5) is 0 Å². The van der Waals surface area contributed by atoms with E-state index in [0.29, 0.717) is 0 Å². The van der Waals surface area contributed by atoms with Crippen LogP contribution in [0.25, 0.3) is 0 Å². The molecule has 0 unspecified atom stereocenters. The Kier molecular flexibility index (Phi) is 6.77. The highest BCUT2D eigenvalue weighted by atomic mass is 35.7. The molecule has 0 heterocycles. The first-order valence-electron chi connectivity index (χ1n) is 2.16. The van der Waals surface area contributed by atoms with Crippen molar-refractivity contribution in [3.05, 3.63) is 0 Å². The van der Waals surface area contributed by atoms with Crippen LogP contribution in [-0.4, -0.2) is 18.1 Å². The second-order valence-electron chi connectivity index (χ2n) is 1.26. The molecule has 0 radical (unpaired) electrons. The fraction of sp³-hybridized carbons (Fsp3) is 1.00. The van der Waals surface area contributed by atoms with Crippen molar-refractivity contribution in [1.82, 2.24) is 0 Å². The van der Waals surface area contributed by atoms with Crippen molar-refractivity contribution < 1.29 is 0 Å². The molecule has 4 heteroatoms. The predicted octanol–water partition coefficient (Wildman–Crippen LogP) is 2.27. The van der Waals surface area contributed by atoms with Crippen LogP contribution in [0.1, 0.15) is 6.42 Å². The van der Waals surface area contributed by atoms with Gasteiger partial charge < -0.3 is 0 Å². The Morgan fingerprint density at radius 1 is 1.43 bits per heavy atom. The maximum Gasteiger partial charge on any atom is 0.519 e. The average Bonchev–Trinajstić information content (AvgIpc) is 1.61. The van der Waals surface area contributed by atoms with E-state index in [1.165, 1.54) is 0 Å². The first kappa shape index (κ1) is 8.46. The summed E-state index contributed by atoms with van der Waals surface area (Å²) in [6.45, 7) is 0. The second-order valence-corrected chi connectivity index (χ2v) is 6.89. The van der Waals surface area contributed by atoms with Crippen LogP contribution >= 0.6 is 32.7 Å². The topological polar surface area (TPSA) is 0 Å². The molecule has 0 aliphatic rings. The van der Waals surface area contributed by atoms with Crippen LogP contribution in [0, 0.1) is 0 Å². The summed E-state index contributed by atoms with van der Waals surface area (Å²) >= 11 is 2.71. The van der Waals surface area contributed by atoms with E-state index in [4.69, 9.17) is 20.1 Å². The Bertz CT molecular complexity index is 41.9. The molecule has 0 nitrogen and oxygen atoms in total. The van der Waals surface area contributed by atoms with E-state index in [1.807, 2.05) is 0 Å². The lowest BCUT2D eigenvalue weighted by molar-refractivity contribution is 1.10. The summed E-state index contributed by atoms with van der Waals surface area (Å²) in [4.78, 5) is 0. The third-order valence-corrected chi connectivity index (χ3v) is 3.05. The molecule has 0 aliphatic heterocycles. The van der Waals surface area contributed by atoms with E-state index < -0.39 is 12.3 Å². The van der Waals surface area contributed by atoms with Crippen molar-refractivity contribution in [2.75, 3.05) is 5.75 Å². The summed E-state index contributed by atoms with van der Waals surface area (Å²) in [6, 6.07) is 0. The van der Waals surface area contributed by atoms with E-state index >= 15 is 0 Å². The number of hydrogen-bond donors (Lipinski definition) is 1. The van der Waals surface area contributed by atoms with Crippen molar-refractivity contribution in [1.29, 1.82) is 0 Å². The van der Waals surface area contributed by atoms with Gasteiger partial charge in [0, 0.05) is 0 Å². The molecule has 0 N–H and O–H groups in total. The zero-order valence-electron chi connectivity index (χ0n) is 3.90. The monoisotopic (exact) mass is 172 g/mol. The third kappa shape index (κ3) is 7.46. The quantitative estimate of drug-likeness (QED) is 0.491. The molecular formula is C3H7AlCl2S. The van der Waals surface area contributed by atoms with Crippen molar-refractivity contribution in [2.24, 2.45) is 0 Å². The molecule has 7 heavy (non-hydrogen) atoms. The standard InChI is InChI=1S/C3H7S.Al.2ClH/c1-2-3-4;;;/h4H,1-3H2;;2*1H/q;+2;;/p-2. The van der Waals surface area contributed by atoms with E-state index in [9.17, 15) is 0 Å². The zero-order chi connectivity index (χ0) is 5.70. The normalized spacial score (nSPS) is 9.00. The third-order valence-electron chi connectivity index (χ3n) is 0.580. The molecule has 0 spiro atoms. The van der Waals surface area contributed by atoms with Gasteiger partial charge >= 0.3 is 12.3 Å². The van der Waals surface area contributed by atoms with Crippen molar-refractivity contribution in [2.45, 2.75) is 11.7 Å². The molecule has 0 aliphatic carbocycles. The van der Waals surface area contributed by atoms with Crippen LogP contribution in [0.3, 0.4) is 0 Å². The van der Waals surface area contributed by atoms with Gasteiger partial charge in [-0.2, -0.15) is 12.6 Å². The van der Waals surface area contributed by atoms with Crippen LogP contribution in [-0.2, 0) is 0 Å². The van der Waals surface area contributed by atoms with E-state index in [1.54, 1.807) is 0 Å². The number of rotatable bonds is 3. The lowest BCUT2D eigenvalue weighted by Gasteiger charge is -1.88. The number of halogens is 2. The van der Waals surface area contributed by atoms with Crippen LogP contribution in [0.15, 0.2) is 0 Å². The van der Waals surface area contributed by atoms with Crippen molar-refractivity contribution >= 4 is 45.0 Å². The molecule has 0 amide bonds. The number of thiol groups is 1. The molecule has 0 fully saturated rings. The minimum Gasteiger partial charge on any atom is -0.234 e. The van der Waals surface area contributed by atoms with E-state index in [2.05, 4.69) is 12.6 Å². The largest absolute Gasteiger partial charge is 0.519 e. The molecule has 0 atom stereocenters. The molecular weight excluding hydrogens is 166 g/mol. The summed E-state index contributed by atoms with van der Waals surface area (Å²) in [6.07, 6.45) is 1.06. The minimum absolute atomic E-state index is 0.906. The Labute approximate surface area is 62.4 Å². The summed E-state index contributed by atoms with van der Waals surface area (Å²) in [5.41, 5.74) is 0. The highest BCUT2D eigenvalue weighted by molar-refractivity contribution is 7.80. The summed E-state index contributed by atoms with van der Waals surface area (Å²) in [7, 11) is 11.1. The van der Waals surface area contributed by atoms with Gasteiger partial charge in [0.05, 0.1) is 0 Å². The van der Waals surface area contributed by atoms with Crippen molar-refractivity contribution in [3.8, 4) is 0 Å². The molecule has 42 valence electrons. The maximum atomic E-state index is 5.53. The molecule has 0 saturated carbocycles. The van der Waals surface area contributed by atoms with Gasteiger partial charge in [-0.1, -0.05) is 11.7 Å². The Balaban J connectivity index is 2.68. The fourth-order valence-corrected chi connectivity index (χ4v) is 2.21. The van der Waals surface area contributed by atoms with Gasteiger partial charge in [0.25, 0.3) is 0 Å². The number of hydrogen-bond acceptors (Lipinski definition) is 1. The van der Waals surface area contributed by atoms with Gasteiger partial charge in [0.15, 0.2) is 0 Å². The SMILES string of the molecule is SCC[CH2][Al]([Cl])[Cl]. The molecule has 0 bridgehead atoms. The Morgan fingerprint density at radius 3 is 2.14 bits per heavy atom. The Hall–Kier alpha value is 1.46. The molecule has 0 aromatic heterocycles. The average molecular weight is 173 g/mol. The maximum absolute atomic E-state index is 5.53. The first-order valence-corrected chi connectivity index (χ1v) is 7.10. The Morgan fingerprint density at radius 2 is 2.00 bits per heavy atom. The predicted molar refractivity (Wildman–Crippen MR) is 40.7 cm³/mol. The van der Waals surface area contributed by atoms with E-state index in [-0.39, 0.29) is 0 Å². The van der Waals surface area contributed by atoms with Gasteiger partial charge in [0.2, 0.25) is 0 Å². The van der Waals surface area contributed by atoms with Gasteiger partial charge in [-0.3, -0.25) is 0 Å². The summed E-state index contributed by atoms with van der Waals surface area (Å²) in [5.74, 6) is 0.906. The fourth-order valence-electron chi connectivity index (χ4n) is 0.246. The van der Waals surface area contributed by atoms with Crippen LogP contribution < -0.4 is 0 Å². The highest BCUT2D eigenvalue weighted by Crippen LogP contribution is 2.05. The van der Waals surface area contributed by atoms with Crippen molar-refractivity contribution in [3.63, 3.8) is 0 Å². The zero-order valence-corrected chi connectivity index (χ0v) is 7.46. The van der Waals surface area contributed by atoms with Gasteiger partial charge in [-0.25, -0.2) is 20.1 Å². The second kappa shape index (κ2) is 5.60. The smallest absolute Gasteiger partial charge is 0.234 e. The van der Waals surface area contributed by atoms with Gasteiger partial charge in [0.1, 0.15) is 0 Å². The van der Waals surface area contributed by atoms with Crippen LogP contribution in [0.2, 0.25) is 5.28 Å². The lowest BCUT2D eigenvalue weighted by Crippen LogP contribution is -1.90. The van der Waals surface area contributed by atoms with E-state index in [0.717, 1.165) is 17.5 Å². The van der Waals surface area contributed by atoms with Gasteiger partial charge in [-0.15, -0.1) is 0 Å². The van der Waals surface area contributed by atoms with Gasteiger partial charge in [-0.05, 0) is 5.75 Å². The molecule has 0 aromatic carbocycles. The molecule has 0 aromatic rings. The summed E-state index contributed by atoms with van der Waals surface area (Å²) in [5, 5.41) is 0.993. The minimum atomic E-state index is -1.29. The highest BCUT2D eigenvalue weighted by Gasteiger charge is 2.07. The lowest BCUT2D eigenvalue weighted by atomic mass is 10.6. The first-order chi connectivity index (χ1) is 3.27. The van der Waals surface area contributed by atoms with Crippen LogP contribution in [0.5, 0.6) is 0 Å². The molecule has 0 saturated heterocycles.